The van der Waals surface area contributed by atoms with E-state index in [4.69, 9.17) is 16.3 Å². The molecule has 22 heavy (non-hydrogen) atoms. The zero-order valence-electron chi connectivity index (χ0n) is 12.6. The zero-order chi connectivity index (χ0) is 15.9. The van der Waals surface area contributed by atoms with Gasteiger partial charge in [0, 0.05) is 24.4 Å². The topological polar surface area (TPSA) is 55.8 Å². The molecule has 0 aliphatic carbocycles. The number of carbonyl (C=O) groups is 2. The lowest BCUT2D eigenvalue weighted by Crippen LogP contribution is -2.42. The first kappa shape index (κ1) is 16.8. The van der Waals surface area contributed by atoms with Crippen molar-refractivity contribution in [3.05, 3.63) is 34.9 Å². The van der Waals surface area contributed by atoms with Crippen LogP contribution in [0.25, 0.3) is 0 Å². The average molecular weight is 326 g/mol. The maximum atomic E-state index is 12.2. The lowest BCUT2D eigenvalue weighted by molar-refractivity contribution is -0.141. The summed E-state index contributed by atoms with van der Waals surface area (Å²) in [6, 6.07) is 7.46. The number of morpholine rings is 1. The van der Waals surface area contributed by atoms with Gasteiger partial charge in [-0.25, -0.2) is 0 Å². The number of amides is 1. The van der Waals surface area contributed by atoms with Crippen molar-refractivity contribution in [3.63, 3.8) is 0 Å². The molecule has 2 rings (SSSR count). The summed E-state index contributed by atoms with van der Waals surface area (Å²) in [7, 11) is 1.35. The van der Waals surface area contributed by atoms with Crippen molar-refractivity contribution >= 4 is 23.5 Å². The molecule has 1 heterocycles. The molecule has 0 aromatic heterocycles. The largest absolute Gasteiger partial charge is 0.469 e. The highest BCUT2D eigenvalue weighted by molar-refractivity contribution is 6.30. The Morgan fingerprint density at radius 2 is 2.05 bits per heavy atom. The first-order chi connectivity index (χ1) is 10.6. The lowest BCUT2D eigenvalue weighted by atomic mass is 10.1. The Kier molecular flexibility index (Phi) is 6.21. The standard InChI is InChI=1S/C16H20ClNO4/c1-21-16(20)4-2-3-15(19)18-9-10-22-14(11-18)12-5-7-13(17)8-6-12/h5-8,14H,2-4,9-11H2,1H3/t14-/m1/s1. The Morgan fingerprint density at radius 1 is 1.32 bits per heavy atom. The van der Waals surface area contributed by atoms with E-state index in [9.17, 15) is 9.59 Å². The van der Waals surface area contributed by atoms with Crippen molar-refractivity contribution in [1.29, 1.82) is 0 Å². The average Bonchev–Trinajstić information content (AvgIpc) is 2.55. The second-order valence-corrected chi connectivity index (χ2v) is 5.62. The third kappa shape index (κ3) is 4.71. The first-order valence-electron chi connectivity index (χ1n) is 7.32. The van der Waals surface area contributed by atoms with E-state index in [1.807, 2.05) is 24.3 Å². The molecule has 1 aromatic rings. The van der Waals surface area contributed by atoms with Gasteiger partial charge < -0.3 is 14.4 Å². The maximum Gasteiger partial charge on any atom is 0.305 e. The Balaban J connectivity index is 1.85. The van der Waals surface area contributed by atoms with Crippen LogP contribution in [-0.4, -0.2) is 43.6 Å². The van der Waals surface area contributed by atoms with Crippen LogP contribution in [0.15, 0.2) is 24.3 Å². The number of benzene rings is 1. The predicted molar refractivity (Wildman–Crippen MR) is 82.6 cm³/mol. The van der Waals surface area contributed by atoms with Crippen LogP contribution in [0.2, 0.25) is 5.02 Å². The van der Waals surface area contributed by atoms with E-state index in [-0.39, 0.29) is 24.4 Å². The molecule has 1 aliphatic rings. The van der Waals surface area contributed by atoms with Crippen LogP contribution in [0.1, 0.15) is 30.9 Å². The lowest BCUT2D eigenvalue weighted by Gasteiger charge is -2.33. The molecule has 1 saturated heterocycles. The zero-order valence-corrected chi connectivity index (χ0v) is 13.3. The molecule has 0 saturated carbocycles. The maximum absolute atomic E-state index is 12.2. The first-order valence-corrected chi connectivity index (χ1v) is 7.69. The molecule has 1 aromatic carbocycles. The molecule has 1 fully saturated rings. The van der Waals surface area contributed by atoms with Crippen molar-refractivity contribution in [2.75, 3.05) is 26.8 Å². The summed E-state index contributed by atoms with van der Waals surface area (Å²) in [5, 5.41) is 0.676. The van der Waals surface area contributed by atoms with E-state index < -0.39 is 0 Å². The number of hydrogen-bond acceptors (Lipinski definition) is 4. The minimum Gasteiger partial charge on any atom is -0.469 e. The van der Waals surface area contributed by atoms with E-state index in [0.29, 0.717) is 37.6 Å². The van der Waals surface area contributed by atoms with Gasteiger partial charge in [0.2, 0.25) is 5.91 Å². The van der Waals surface area contributed by atoms with Gasteiger partial charge in [-0.2, -0.15) is 0 Å². The predicted octanol–water partition coefficient (Wildman–Crippen LogP) is 2.58. The Morgan fingerprint density at radius 3 is 2.73 bits per heavy atom. The summed E-state index contributed by atoms with van der Waals surface area (Å²) in [4.78, 5) is 25.0. The molecule has 120 valence electrons. The van der Waals surface area contributed by atoms with E-state index in [0.717, 1.165) is 5.56 Å². The van der Waals surface area contributed by atoms with Gasteiger partial charge in [-0.1, -0.05) is 23.7 Å². The number of esters is 1. The summed E-state index contributed by atoms with van der Waals surface area (Å²) >= 11 is 5.88. The van der Waals surface area contributed by atoms with Crippen molar-refractivity contribution in [3.8, 4) is 0 Å². The van der Waals surface area contributed by atoms with Gasteiger partial charge in [0.1, 0.15) is 6.10 Å². The Bertz CT molecular complexity index is 517. The van der Waals surface area contributed by atoms with Gasteiger partial charge in [0.15, 0.2) is 0 Å². The number of halogens is 1. The number of nitrogens with zero attached hydrogens (tertiary/aromatic N) is 1. The highest BCUT2D eigenvalue weighted by Crippen LogP contribution is 2.24. The van der Waals surface area contributed by atoms with Crippen LogP contribution in [0.5, 0.6) is 0 Å². The van der Waals surface area contributed by atoms with E-state index in [2.05, 4.69) is 4.74 Å². The fraction of sp³-hybridized carbons (Fsp3) is 0.500. The number of methoxy groups -OCH3 is 1. The molecule has 1 amide bonds. The Hall–Kier alpha value is -1.59. The van der Waals surface area contributed by atoms with Crippen molar-refractivity contribution < 1.29 is 19.1 Å². The molecule has 0 spiro atoms. The number of ether oxygens (including phenoxy) is 2. The summed E-state index contributed by atoms with van der Waals surface area (Å²) in [5.74, 6) is -0.236. The van der Waals surface area contributed by atoms with Gasteiger partial charge in [0.05, 0.1) is 20.3 Å². The second-order valence-electron chi connectivity index (χ2n) is 5.18. The Labute approximate surface area is 135 Å². The normalized spacial score (nSPS) is 18.1. The molecule has 5 nitrogen and oxygen atoms in total. The number of hydrogen-bond donors (Lipinski definition) is 0. The fourth-order valence-corrected chi connectivity index (χ4v) is 2.53. The third-order valence-electron chi connectivity index (χ3n) is 3.66. The fourth-order valence-electron chi connectivity index (χ4n) is 2.40. The monoisotopic (exact) mass is 325 g/mol. The van der Waals surface area contributed by atoms with Crippen LogP contribution < -0.4 is 0 Å². The van der Waals surface area contributed by atoms with Crippen LogP contribution in [-0.2, 0) is 19.1 Å². The molecular formula is C16H20ClNO4. The van der Waals surface area contributed by atoms with Crippen LogP contribution in [0, 0.1) is 0 Å². The molecule has 0 radical (unpaired) electrons. The van der Waals surface area contributed by atoms with Crippen LogP contribution in [0.4, 0.5) is 0 Å². The number of rotatable bonds is 5. The molecule has 0 N–H and O–H groups in total. The van der Waals surface area contributed by atoms with E-state index in [1.165, 1.54) is 7.11 Å². The summed E-state index contributed by atoms with van der Waals surface area (Å²) in [6.07, 6.45) is 1.000. The summed E-state index contributed by atoms with van der Waals surface area (Å²) in [6.45, 7) is 1.62. The molecule has 1 atom stereocenters. The minimum atomic E-state index is -0.284. The quantitative estimate of drug-likeness (QED) is 0.781. The van der Waals surface area contributed by atoms with Crippen LogP contribution in [0.3, 0.4) is 0 Å². The van der Waals surface area contributed by atoms with Gasteiger partial charge in [-0.15, -0.1) is 0 Å². The van der Waals surface area contributed by atoms with Gasteiger partial charge in [-0.3, -0.25) is 9.59 Å². The van der Waals surface area contributed by atoms with Crippen molar-refractivity contribution in [2.45, 2.75) is 25.4 Å². The van der Waals surface area contributed by atoms with Gasteiger partial charge in [0.25, 0.3) is 0 Å². The summed E-state index contributed by atoms with van der Waals surface area (Å²) < 4.78 is 10.3. The van der Waals surface area contributed by atoms with Crippen LogP contribution >= 0.6 is 11.6 Å². The van der Waals surface area contributed by atoms with Crippen molar-refractivity contribution in [2.24, 2.45) is 0 Å². The molecule has 0 bridgehead atoms. The van der Waals surface area contributed by atoms with Gasteiger partial charge >= 0.3 is 5.97 Å². The number of carbonyl (C=O) groups excluding carboxylic acids is 2. The minimum absolute atomic E-state index is 0.0474. The van der Waals surface area contributed by atoms with E-state index >= 15 is 0 Å². The highest BCUT2D eigenvalue weighted by atomic mass is 35.5. The molecular weight excluding hydrogens is 306 g/mol. The highest BCUT2D eigenvalue weighted by Gasteiger charge is 2.25. The third-order valence-corrected chi connectivity index (χ3v) is 3.91. The molecule has 0 unspecified atom stereocenters. The smallest absolute Gasteiger partial charge is 0.305 e. The van der Waals surface area contributed by atoms with Gasteiger partial charge in [-0.05, 0) is 24.1 Å². The summed E-state index contributed by atoms with van der Waals surface area (Å²) in [5.41, 5.74) is 1.01. The van der Waals surface area contributed by atoms with Crippen molar-refractivity contribution in [1.82, 2.24) is 4.90 Å². The molecule has 1 aliphatic heterocycles. The molecule has 6 heteroatoms. The SMILES string of the molecule is COC(=O)CCCC(=O)N1CCO[C@@H](c2ccc(Cl)cc2)C1. The van der Waals surface area contributed by atoms with E-state index in [1.54, 1.807) is 4.90 Å². The second kappa shape index (κ2) is 8.15.